The maximum absolute atomic E-state index is 6.69. The minimum atomic E-state index is 0.851. The van der Waals surface area contributed by atoms with Crippen LogP contribution in [0.25, 0.3) is 75.8 Å². The zero-order chi connectivity index (χ0) is 25.4. The van der Waals surface area contributed by atoms with Crippen LogP contribution in [0.1, 0.15) is 5.56 Å². The Morgan fingerprint density at radius 1 is 0.395 bits per heavy atom. The van der Waals surface area contributed by atoms with Crippen molar-refractivity contribution in [1.29, 1.82) is 0 Å². The number of rotatable bonds is 1. The Labute approximate surface area is 222 Å². The quantitative estimate of drug-likeness (QED) is 0.125. The summed E-state index contributed by atoms with van der Waals surface area (Å²) in [4.78, 5) is 0. The topological polar surface area (TPSA) is 0 Å². The molecule has 8 aromatic rings. The van der Waals surface area contributed by atoms with Crippen LogP contribution in [0.15, 0.2) is 121 Å². The molecule has 0 aliphatic heterocycles. The van der Waals surface area contributed by atoms with E-state index in [2.05, 4.69) is 128 Å². The maximum atomic E-state index is 6.69. The third-order valence-electron chi connectivity index (χ3n) is 8.37. The summed E-state index contributed by atoms with van der Waals surface area (Å²) in [7, 11) is 6.69. The fourth-order valence-corrected chi connectivity index (χ4v) is 6.44. The van der Waals surface area contributed by atoms with Gasteiger partial charge in [0.25, 0.3) is 0 Å². The molecule has 0 nitrogen and oxygen atoms in total. The van der Waals surface area contributed by atoms with E-state index in [-0.39, 0.29) is 0 Å². The van der Waals surface area contributed by atoms with Crippen molar-refractivity contribution >= 4 is 77.9 Å². The van der Waals surface area contributed by atoms with Crippen molar-refractivity contribution in [1.82, 2.24) is 0 Å². The van der Waals surface area contributed by atoms with E-state index in [4.69, 9.17) is 7.85 Å². The summed E-state index contributed by atoms with van der Waals surface area (Å²) in [6, 6.07) is 44.2. The van der Waals surface area contributed by atoms with Crippen molar-refractivity contribution < 1.29 is 0 Å². The van der Waals surface area contributed by atoms with Crippen molar-refractivity contribution in [2.45, 2.75) is 6.92 Å². The van der Waals surface area contributed by atoms with E-state index in [1.807, 2.05) is 0 Å². The van der Waals surface area contributed by atoms with Gasteiger partial charge in [-0.1, -0.05) is 103 Å². The third-order valence-corrected chi connectivity index (χ3v) is 8.37. The first-order valence-electron chi connectivity index (χ1n) is 13.2. The monoisotopic (exact) mass is 478 g/mol. The molecular formula is C37H23B. The second-order valence-electron chi connectivity index (χ2n) is 10.4. The summed E-state index contributed by atoms with van der Waals surface area (Å²) in [5.74, 6) is 0. The van der Waals surface area contributed by atoms with E-state index < -0.39 is 0 Å². The minimum Gasteiger partial charge on any atom is -0.0813 e. The number of aryl methyl sites for hydroxylation is 1. The van der Waals surface area contributed by atoms with E-state index >= 15 is 0 Å². The molecule has 0 N–H and O–H groups in total. The largest absolute Gasteiger partial charge is 0.115 e. The number of fused-ring (bicyclic) bond motifs is 8. The molecule has 174 valence electrons. The molecule has 0 amide bonds. The van der Waals surface area contributed by atoms with E-state index in [0.717, 1.165) is 16.2 Å². The Morgan fingerprint density at radius 3 is 1.79 bits per heavy atom. The van der Waals surface area contributed by atoms with Crippen LogP contribution in [0.2, 0.25) is 0 Å². The predicted molar refractivity (Wildman–Crippen MR) is 167 cm³/mol. The highest BCUT2D eigenvalue weighted by atomic mass is 14.2. The molecular weight excluding hydrogens is 455 g/mol. The normalized spacial score (nSPS) is 11.9. The lowest BCUT2D eigenvalue weighted by Crippen LogP contribution is -2.05. The molecule has 8 rings (SSSR count). The first kappa shape index (κ1) is 21.5. The molecule has 8 aromatic carbocycles. The molecule has 0 heterocycles. The second kappa shape index (κ2) is 7.94. The third kappa shape index (κ3) is 2.99. The molecule has 0 saturated carbocycles. The van der Waals surface area contributed by atoms with Crippen LogP contribution >= 0.6 is 0 Å². The lowest BCUT2D eigenvalue weighted by molar-refractivity contribution is 1.59. The van der Waals surface area contributed by atoms with Crippen LogP contribution in [-0.2, 0) is 0 Å². The summed E-state index contributed by atoms with van der Waals surface area (Å²) < 4.78 is 0. The molecule has 1 heteroatoms. The van der Waals surface area contributed by atoms with E-state index in [0.29, 0.717) is 0 Å². The highest BCUT2D eigenvalue weighted by Crippen LogP contribution is 2.40. The van der Waals surface area contributed by atoms with Crippen molar-refractivity contribution in [2.75, 3.05) is 0 Å². The Hall–Kier alpha value is -4.62. The van der Waals surface area contributed by atoms with Crippen LogP contribution in [-0.4, -0.2) is 7.85 Å². The summed E-state index contributed by atoms with van der Waals surface area (Å²) in [6.07, 6.45) is 0. The van der Waals surface area contributed by atoms with Gasteiger partial charge in [-0.2, -0.15) is 0 Å². The van der Waals surface area contributed by atoms with Crippen LogP contribution in [0.4, 0.5) is 0 Å². The first-order valence-corrected chi connectivity index (χ1v) is 13.2. The lowest BCUT2D eigenvalue weighted by Gasteiger charge is -2.16. The van der Waals surface area contributed by atoms with Gasteiger partial charge in [-0.15, -0.1) is 0 Å². The van der Waals surface area contributed by atoms with Gasteiger partial charge in [-0.25, -0.2) is 0 Å². The SMILES string of the molecule is [B]c1c2ccccc2cc2c1ccc1ccc(-c3cc4c(C)c5ccccc5cc4c4ccccc34)cc12. The van der Waals surface area contributed by atoms with E-state index in [1.54, 1.807) is 0 Å². The van der Waals surface area contributed by atoms with E-state index in [9.17, 15) is 0 Å². The van der Waals surface area contributed by atoms with Gasteiger partial charge in [-0.05, 0) is 113 Å². The van der Waals surface area contributed by atoms with Crippen molar-refractivity contribution in [2.24, 2.45) is 0 Å². The molecule has 2 radical (unpaired) electrons. The van der Waals surface area contributed by atoms with Gasteiger partial charge in [0.05, 0.1) is 0 Å². The van der Waals surface area contributed by atoms with Gasteiger partial charge >= 0.3 is 0 Å². The van der Waals surface area contributed by atoms with Gasteiger partial charge in [0.15, 0.2) is 0 Å². The number of hydrogen-bond donors (Lipinski definition) is 0. The van der Waals surface area contributed by atoms with Gasteiger partial charge in [0, 0.05) is 0 Å². The van der Waals surface area contributed by atoms with Gasteiger partial charge in [0.2, 0.25) is 0 Å². The fraction of sp³-hybridized carbons (Fsp3) is 0.0270. The molecule has 0 atom stereocenters. The van der Waals surface area contributed by atoms with Crippen LogP contribution in [0, 0.1) is 6.92 Å². The zero-order valence-electron chi connectivity index (χ0n) is 21.1. The number of benzene rings is 8. The lowest BCUT2D eigenvalue weighted by atomic mass is 9.83. The van der Waals surface area contributed by atoms with E-state index in [1.165, 1.54) is 70.6 Å². The summed E-state index contributed by atoms with van der Waals surface area (Å²) >= 11 is 0. The van der Waals surface area contributed by atoms with Crippen molar-refractivity contribution in [3.05, 3.63) is 127 Å². The molecule has 0 spiro atoms. The Bertz CT molecular complexity index is 2260. The summed E-state index contributed by atoms with van der Waals surface area (Å²) in [5, 5.41) is 14.9. The van der Waals surface area contributed by atoms with Gasteiger partial charge in [0.1, 0.15) is 7.85 Å². The molecule has 0 fully saturated rings. The van der Waals surface area contributed by atoms with Crippen molar-refractivity contribution in [3.63, 3.8) is 0 Å². The molecule has 0 aliphatic carbocycles. The molecule has 0 aliphatic rings. The average Bonchev–Trinajstić information content (AvgIpc) is 2.97. The highest BCUT2D eigenvalue weighted by molar-refractivity contribution is 6.46. The molecule has 0 bridgehead atoms. The summed E-state index contributed by atoms with van der Waals surface area (Å²) in [5.41, 5.74) is 4.67. The standard InChI is InChI=1S/C37H23B/c1-22-27-10-4-2-8-24(27)19-35-30-13-7-6-12-29(30)34(21-32(22)35)26-15-14-23-16-17-31-36(33(23)18-26)20-25-9-3-5-11-28(25)37(31)38/h2-21H,1H3. The van der Waals surface area contributed by atoms with Crippen LogP contribution < -0.4 is 5.46 Å². The van der Waals surface area contributed by atoms with Crippen molar-refractivity contribution in [3.8, 4) is 11.1 Å². The van der Waals surface area contributed by atoms with Crippen LogP contribution in [0.5, 0.6) is 0 Å². The smallest absolute Gasteiger partial charge is 0.0813 e. The Morgan fingerprint density at radius 2 is 1.00 bits per heavy atom. The molecule has 38 heavy (non-hydrogen) atoms. The molecule has 0 saturated heterocycles. The van der Waals surface area contributed by atoms with Gasteiger partial charge < -0.3 is 0 Å². The zero-order valence-corrected chi connectivity index (χ0v) is 21.1. The first-order chi connectivity index (χ1) is 18.7. The Balaban J connectivity index is 1.48. The van der Waals surface area contributed by atoms with Crippen LogP contribution in [0.3, 0.4) is 0 Å². The van der Waals surface area contributed by atoms with Gasteiger partial charge in [-0.3, -0.25) is 0 Å². The molecule has 0 unspecified atom stereocenters. The second-order valence-corrected chi connectivity index (χ2v) is 10.4. The number of hydrogen-bond acceptors (Lipinski definition) is 0. The minimum absolute atomic E-state index is 0.851. The average molecular weight is 478 g/mol. The highest BCUT2D eigenvalue weighted by Gasteiger charge is 2.14. The fourth-order valence-electron chi connectivity index (χ4n) is 6.44. The maximum Gasteiger partial charge on any atom is 0.115 e. The Kier molecular flexibility index (Phi) is 4.49. The molecule has 0 aromatic heterocycles. The summed E-state index contributed by atoms with van der Waals surface area (Å²) in [6.45, 7) is 2.25. The predicted octanol–water partition coefficient (Wildman–Crippen LogP) is 9.38.